The average molecular weight is 952 g/mol. The number of ether oxygens (including phenoxy) is 5. The van der Waals surface area contributed by atoms with Gasteiger partial charge in [0.1, 0.15) is 23.4 Å². The Morgan fingerprint density at radius 1 is 0.824 bits per heavy atom. The minimum atomic E-state index is -2.74. The third-order valence-corrected chi connectivity index (χ3v) is 21.0. The first-order valence-electron chi connectivity index (χ1n) is 23.5. The largest absolute Gasteiger partial charge is 0.455 e. The number of hydrogen-bond acceptors (Lipinski definition) is 14. The molecule has 0 aromatic heterocycles. The summed E-state index contributed by atoms with van der Waals surface area (Å²) in [5.41, 5.74) is -8.21. The van der Waals surface area contributed by atoms with Crippen LogP contribution < -0.4 is 5.32 Å². The highest BCUT2D eigenvalue weighted by Gasteiger charge is 2.90. The topological polar surface area (TPSA) is 210 Å². The van der Waals surface area contributed by atoms with Crippen LogP contribution in [-0.2, 0) is 47.3 Å². The smallest absolute Gasteiger partial charge is 0.338 e. The number of hydrogen-bond donors (Lipinski definition) is 3. The van der Waals surface area contributed by atoms with Gasteiger partial charge in [-0.15, -0.1) is 0 Å². The monoisotopic (exact) mass is 951 g/mol. The van der Waals surface area contributed by atoms with Crippen molar-refractivity contribution in [2.75, 3.05) is 6.61 Å². The lowest BCUT2D eigenvalue weighted by molar-refractivity contribution is -0.376. The normalized spacial score (nSPS) is 33.1. The molecule has 0 spiro atoms. The number of fused-ring (bicyclic) bond motifs is 3. The molecule has 1 saturated heterocycles. The molecule has 8 rings (SSSR count). The van der Waals surface area contributed by atoms with E-state index >= 15 is 9.59 Å². The van der Waals surface area contributed by atoms with Crippen molar-refractivity contribution in [2.24, 2.45) is 16.7 Å². The van der Waals surface area contributed by atoms with Crippen LogP contribution in [0.3, 0.4) is 0 Å². The molecule has 362 valence electrons. The third-order valence-electron chi connectivity index (χ3n) is 16.4. The van der Waals surface area contributed by atoms with Gasteiger partial charge in [-0.25, -0.2) is 9.59 Å². The number of aliphatic hydroxyl groups excluding tert-OH is 1. The Morgan fingerprint density at radius 2 is 1.40 bits per heavy atom. The molecule has 12 atom stereocenters. The maximum atomic E-state index is 15.6. The zero-order chi connectivity index (χ0) is 49.2. The van der Waals surface area contributed by atoms with Gasteiger partial charge in [-0.1, -0.05) is 87.5 Å². The summed E-state index contributed by atoms with van der Waals surface area (Å²) in [5, 5.41) is 29.0. The number of amides is 1. The summed E-state index contributed by atoms with van der Waals surface area (Å²) in [6, 6.07) is 26.3. The lowest BCUT2D eigenvalue weighted by Crippen LogP contribution is -2.90. The van der Waals surface area contributed by atoms with Crippen molar-refractivity contribution in [3.63, 3.8) is 0 Å². The molecule has 16 heteroatoms. The number of ketones is 1. The van der Waals surface area contributed by atoms with Crippen LogP contribution in [0.5, 0.6) is 0 Å². The van der Waals surface area contributed by atoms with Gasteiger partial charge in [0.25, 0.3) is 5.91 Å². The van der Waals surface area contributed by atoms with E-state index < -0.39 is 120 Å². The highest BCUT2D eigenvalue weighted by Crippen LogP contribution is 2.78. The lowest BCUT2D eigenvalue weighted by Gasteiger charge is -2.78. The highest BCUT2D eigenvalue weighted by molar-refractivity contribution is 6.73. The van der Waals surface area contributed by atoms with Crippen molar-refractivity contribution in [2.45, 2.75) is 140 Å². The number of Topliss-reactive ketones (excluding diaryl/α,β-unsaturated/α-hetero) is 1. The van der Waals surface area contributed by atoms with Crippen LogP contribution in [0.4, 0.5) is 0 Å². The Balaban J connectivity index is 1.31. The second kappa shape index (κ2) is 17.8. The van der Waals surface area contributed by atoms with Gasteiger partial charge in [0.15, 0.2) is 31.9 Å². The number of aliphatic hydroxyl groups is 2. The van der Waals surface area contributed by atoms with E-state index in [9.17, 15) is 29.4 Å². The van der Waals surface area contributed by atoms with Crippen molar-refractivity contribution in [3.8, 4) is 0 Å². The summed E-state index contributed by atoms with van der Waals surface area (Å²) in [6.45, 7) is 12.7. The van der Waals surface area contributed by atoms with Crippen LogP contribution in [-0.4, -0.2) is 108 Å². The molecule has 4 aliphatic carbocycles. The van der Waals surface area contributed by atoms with E-state index in [0.717, 1.165) is 6.92 Å². The maximum absolute atomic E-state index is 15.6. The number of benzene rings is 3. The summed E-state index contributed by atoms with van der Waals surface area (Å²) in [5.74, 6) is -6.14. The Bertz CT molecular complexity index is 2510. The zero-order valence-electron chi connectivity index (χ0n) is 39.7. The van der Waals surface area contributed by atoms with Crippen LogP contribution in [0.15, 0.2) is 102 Å². The quantitative estimate of drug-likeness (QED) is 0.0678. The lowest BCUT2D eigenvalue weighted by atomic mass is 9.30. The van der Waals surface area contributed by atoms with Crippen molar-refractivity contribution >= 4 is 43.9 Å². The van der Waals surface area contributed by atoms with E-state index in [1.165, 1.54) is 26.0 Å². The molecule has 1 heterocycles. The van der Waals surface area contributed by atoms with E-state index in [0.29, 0.717) is 34.8 Å². The Kier molecular flexibility index (Phi) is 12.8. The first-order chi connectivity index (χ1) is 32.2. The first kappa shape index (κ1) is 48.9. The van der Waals surface area contributed by atoms with E-state index in [2.05, 4.69) is 5.32 Å². The van der Waals surface area contributed by atoms with Crippen molar-refractivity contribution in [1.29, 1.82) is 0 Å². The minimum Gasteiger partial charge on any atom is -0.455 e. The molecular weight excluding hydrogens is 891 g/mol. The predicted octanol–water partition coefficient (Wildman–Crippen LogP) is 6.13. The molecule has 0 bridgehead atoms. The molecular formula is C52H61NO14Si. The number of esters is 4. The summed E-state index contributed by atoms with van der Waals surface area (Å²) < 4.78 is 38.4. The first-order valence-corrected chi connectivity index (χ1v) is 26.0. The van der Waals surface area contributed by atoms with E-state index in [4.69, 9.17) is 28.1 Å². The van der Waals surface area contributed by atoms with Gasteiger partial charge in [-0.05, 0) is 79.9 Å². The average Bonchev–Trinajstić information content (AvgIpc) is 3.33. The van der Waals surface area contributed by atoms with Crippen LogP contribution in [0.25, 0.3) is 0 Å². The second-order valence-corrected chi connectivity index (χ2v) is 24.2. The molecule has 5 aliphatic rings. The SMILES string of the molecule is CC[Si](CC)(CC)O[C@@H](C(=O)OC12C[C@@]3(O)[C@@H](OC(=O)c4ccccc4)[C@@H]4[C@]5(OC(C)=O)CO[C@@H]5C[C@H](O)[C@@]4(C)C(=O)[C@H](OC(C)=O)C(=C1C)[C@@]23C)C(NC(=O)c1ccccc1)c1ccccc1. The fourth-order valence-corrected chi connectivity index (χ4v) is 15.1. The van der Waals surface area contributed by atoms with Gasteiger partial charge in [0.2, 0.25) is 0 Å². The van der Waals surface area contributed by atoms with E-state index in [1.54, 1.807) is 86.6 Å². The van der Waals surface area contributed by atoms with Gasteiger partial charge in [0.05, 0.1) is 41.1 Å². The van der Waals surface area contributed by atoms with Crippen molar-refractivity contribution in [3.05, 3.63) is 119 Å². The molecule has 68 heavy (non-hydrogen) atoms. The molecule has 2 unspecified atom stereocenters. The molecule has 1 amide bonds. The molecule has 4 fully saturated rings. The molecule has 3 aromatic carbocycles. The fraction of sp³-hybridized carbons (Fsp3) is 0.500. The fourth-order valence-electron chi connectivity index (χ4n) is 12.4. The van der Waals surface area contributed by atoms with Gasteiger partial charge in [-0.2, -0.15) is 0 Å². The molecule has 3 saturated carbocycles. The van der Waals surface area contributed by atoms with Crippen LogP contribution >= 0.6 is 0 Å². The van der Waals surface area contributed by atoms with Crippen LogP contribution in [0, 0.1) is 16.7 Å². The van der Waals surface area contributed by atoms with Crippen molar-refractivity contribution < 1.29 is 67.1 Å². The summed E-state index contributed by atoms with van der Waals surface area (Å²) in [6.07, 6.45) is -8.08. The number of carbonyl (C=O) groups is 6. The molecule has 3 aromatic rings. The zero-order valence-corrected chi connectivity index (χ0v) is 40.7. The number of carbonyl (C=O) groups excluding carboxylic acids is 6. The summed E-state index contributed by atoms with van der Waals surface area (Å²) in [7, 11) is -2.74. The highest BCUT2D eigenvalue weighted by atomic mass is 28.4. The molecule has 1 aliphatic heterocycles. The standard InChI is InChI=1S/C52H61NO14Si/c1-9-68(10-2,11-3)67-41(39(33-21-15-12-16-22-33)53-45(58)34-23-17-13-18-24-34)47(60)66-52-28-51(61)44(64-46(59)35-25-19-14-20-26-35)42-48(7,36(56)27-37-50(42,29-62-37)65-32(6)55)43(57)40(63-31(5)54)38(30(52)4)49(51,52)8/h12-26,36-37,39-42,44,56,61H,9-11,27-29H2,1-8H3,(H,53,58)/t36-,37+,39?,40+,41+,42-,44-,48+,49+,50-,51+,52?/m0/s1. The van der Waals surface area contributed by atoms with Crippen molar-refractivity contribution in [1.82, 2.24) is 5.32 Å². The number of rotatable bonds is 15. The number of nitrogens with one attached hydrogen (secondary N) is 1. The summed E-state index contributed by atoms with van der Waals surface area (Å²) in [4.78, 5) is 85.9. The van der Waals surface area contributed by atoms with Gasteiger partial charge >= 0.3 is 23.9 Å². The van der Waals surface area contributed by atoms with E-state index in [-0.39, 0.29) is 24.2 Å². The Hall–Kier alpha value is -5.52. The summed E-state index contributed by atoms with van der Waals surface area (Å²) >= 11 is 0. The predicted molar refractivity (Wildman–Crippen MR) is 247 cm³/mol. The van der Waals surface area contributed by atoms with Gasteiger partial charge in [-0.3, -0.25) is 19.2 Å². The Morgan fingerprint density at radius 3 is 1.93 bits per heavy atom. The molecule has 3 N–H and O–H groups in total. The molecule has 15 nitrogen and oxygen atoms in total. The Labute approximate surface area is 397 Å². The van der Waals surface area contributed by atoms with Gasteiger partial charge < -0.3 is 43.6 Å². The van der Waals surface area contributed by atoms with Crippen LogP contribution in [0.2, 0.25) is 18.1 Å². The molecule has 0 radical (unpaired) electrons. The van der Waals surface area contributed by atoms with Gasteiger partial charge in [0, 0.05) is 32.3 Å². The van der Waals surface area contributed by atoms with Crippen LogP contribution in [0.1, 0.15) is 101 Å². The second-order valence-electron chi connectivity index (χ2n) is 19.4. The minimum absolute atomic E-state index is 0.103. The van der Waals surface area contributed by atoms with E-state index in [1.807, 2.05) is 26.8 Å². The third kappa shape index (κ3) is 7.19. The maximum Gasteiger partial charge on any atom is 0.338 e.